The Morgan fingerprint density at radius 1 is 1.41 bits per heavy atom. The lowest BCUT2D eigenvalue weighted by Crippen LogP contribution is -2.19. The van der Waals surface area contributed by atoms with E-state index in [1.54, 1.807) is 18.2 Å². The van der Waals surface area contributed by atoms with Crippen molar-refractivity contribution in [1.29, 1.82) is 0 Å². The number of hydrogen-bond acceptors (Lipinski definition) is 3. The summed E-state index contributed by atoms with van der Waals surface area (Å²) in [6.45, 7) is 1.30. The van der Waals surface area contributed by atoms with Gasteiger partial charge in [0.05, 0.1) is 12.3 Å². The molecule has 1 aromatic carbocycles. The maximum Gasteiger partial charge on any atom is 0.251 e. The van der Waals surface area contributed by atoms with E-state index in [-0.39, 0.29) is 31.2 Å². The number of alkyl halides is 3. The molecule has 22 heavy (non-hydrogen) atoms. The van der Waals surface area contributed by atoms with Crippen molar-refractivity contribution in [3.63, 3.8) is 0 Å². The molecule has 0 bridgehead atoms. The summed E-state index contributed by atoms with van der Waals surface area (Å²) in [7, 11) is 3.70. The molecule has 1 rings (SSSR count). The Morgan fingerprint density at radius 3 is 2.64 bits per heavy atom. The number of carbonyl (C=O) groups excluding carboxylic acids is 1. The molecule has 0 aromatic heterocycles. The van der Waals surface area contributed by atoms with Crippen molar-refractivity contribution >= 4 is 28.9 Å². The van der Waals surface area contributed by atoms with Crippen LogP contribution in [0.15, 0.2) is 18.2 Å². The summed E-state index contributed by atoms with van der Waals surface area (Å²) >= 11 is 5.48. The highest BCUT2D eigenvalue weighted by Gasteiger charge is 2.26. The number of benzene rings is 1. The monoisotopic (exact) mass is 334 g/mol. The zero-order valence-electron chi connectivity index (χ0n) is 13.0. The van der Waals surface area contributed by atoms with Gasteiger partial charge >= 0.3 is 0 Å². The molecule has 0 saturated carbocycles. The second-order valence-corrected chi connectivity index (χ2v) is 5.33. The highest BCUT2D eigenvalue weighted by Crippen LogP contribution is 2.30. The van der Waals surface area contributed by atoms with E-state index in [9.17, 15) is 13.6 Å². The minimum atomic E-state index is -2.75. The molecule has 0 aliphatic carbocycles. The molecule has 1 N–H and O–H groups in total. The third-order valence-corrected chi connectivity index (χ3v) is 3.36. The van der Waals surface area contributed by atoms with Crippen LogP contribution in [0.4, 0.5) is 20.2 Å². The summed E-state index contributed by atoms with van der Waals surface area (Å²) in [5.74, 6) is -2.99. The van der Waals surface area contributed by atoms with Crippen LogP contribution in [0.1, 0.15) is 19.8 Å². The Hall–Kier alpha value is -1.56. The zero-order chi connectivity index (χ0) is 16.8. The Morgan fingerprint density at radius 2 is 2.09 bits per heavy atom. The van der Waals surface area contributed by atoms with E-state index < -0.39 is 5.92 Å². The summed E-state index contributed by atoms with van der Waals surface area (Å²) in [5.41, 5.74) is 1.26. The van der Waals surface area contributed by atoms with Gasteiger partial charge in [0, 0.05) is 32.6 Å². The van der Waals surface area contributed by atoms with Crippen molar-refractivity contribution in [3.8, 4) is 5.75 Å². The third-order valence-electron chi connectivity index (χ3n) is 3.12. The van der Waals surface area contributed by atoms with E-state index in [0.717, 1.165) is 5.69 Å². The second kappa shape index (κ2) is 8.17. The Kier molecular flexibility index (Phi) is 6.87. The molecule has 0 saturated heterocycles. The summed E-state index contributed by atoms with van der Waals surface area (Å²) in [6, 6.07) is 5.13. The normalized spacial score (nSPS) is 11.2. The fraction of sp³-hybridized carbons (Fsp3) is 0.533. The fourth-order valence-corrected chi connectivity index (χ4v) is 1.76. The molecule has 4 nitrogen and oxygen atoms in total. The van der Waals surface area contributed by atoms with Gasteiger partial charge < -0.3 is 15.0 Å². The first kappa shape index (κ1) is 18.5. The van der Waals surface area contributed by atoms with Gasteiger partial charge in [-0.3, -0.25) is 4.79 Å². The van der Waals surface area contributed by atoms with Gasteiger partial charge in [-0.15, -0.1) is 11.6 Å². The number of rotatable bonds is 8. The zero-order valence-corrected chi connectivity index (χ0v) is 13.7. The molecule has 1 amide bonds. The number of hydrogen-bond donors (Lipinski definition) is 1. The lowest BCUT2D eigenvalue weighted by atomic mass is 10.2. The van der Waals surface area contributed by atoms with Gasteiger partial charge in [0.25, 0.3) is 5.92 Å². The average Bonchev–Trinajstić information content (AvgIpc) is 2.48. The number of amides is 1. The molecule has 1 aromatic rings. The van der Waals surface area contributed by atoms with Gasteiger partial charge in [0.2, 0.25) is 5.91 Å². The quantitative estimate of drug-likeness (QED) is 0.736. The summed E-state index contributed by atoms with van der Waals surface area (Å²) in [6.07, 6.45) is -0.604. The molecular weight excluding hydrogens is 314 g/mol. The molecule has 0 aliphatic heterocycles. The van der Waals surface area contributed by atoms with E-state index >= 15 is 0 Å². The van der Waals surface area contributed by atoms with Gasteiger partial charge in [-0.1, -0.05) is 6.92 Å². The minimum Gasteiger partial charge on any atom is -0.491 e. The largest absolute Gasteiger partial charge is 0.491 e. The topological polar surface area (TPSA) is 41.6 Å². The standard InChI is InChI=1S/C15H21ClF2N2O2/c1-4-15(17,18)7-8-22-13-6-5-11(20(2)3)9-12(13)19-14(21)10-16/h5-6,9H,4,7-8,10H2,1-3H3,(H,19,21). The van der Waals surface area contributed by atoms with Crippen molar-refractivity contribution in [3.05, 3.63) is 18.2 Å². The maximum atomic E-state index is 13.2. The van der Waals surface area contributed by atoms with E-state index in [4.69, 9.17) is 16.3 Å². The van der Waals surface area contributed by atoms with E-state index in [1.807, 2.05) is 19.0 Å². The number of nitrogens with zero attached hydrogens (tertiary/aromatic N) is 1. The van der Waals surface area contributed by atoms with Crippen LogP contribution in [-0.4, -0.2) is 38.4 Å². The van der Waals surface area contributed by atoms with Crippen LogP contribution < -0.4 is 15.0 Å². The molecule has 124 valence electrons. The summed E-state index contributed by atoms with van der Waals surface area (Å²) in [4.78, 5) is 13.3. The van der Waals surface area contributed by atoms with Crippen molar-refractivity contribution in [2.24, 2.45) is 0 Å². The summed E-state index contributed by atoms with van der Waals surface area (Å²) < 4.78 is 31.8. The van der Waals surface area contributed by atoms with Crippen LogP contribution in [-0.2, 0) is 4.79 Å². The predicted molar refractivity (Wildman–Crippen MR) is 85.5 cm³/mol. The molecule has 0 aliphatic rings. The van der Waals surface area contributed by atoms with Gasteiger partial charge in [-0.2, -0.15) is 0 Å². The van der Waals surface area contributed by atoms with Crippen LogP contribution in [0.2, 0.25) is 0 Å². The first-order valence-electron chi connectivity index (χ1n) is 6.97. The number of ether oxygens (including phenoxy) is 1. The fourth-order valence-electron chi connectivity index (χ4n) is 1.69. The maximum absolute atomic E-state index is 13.2. The van der Waals surface area contributed by atoms with Crippen molar-refractivity contribution in [1.82, 2.24) is 0 Å². The summed E-state index contributed by atoms with van der Waals surface area (Å²) in [5, 5.41) is 2.61. The molecule has 0 heterocycles. The average molecular weight is 335 g/mol. The minimum absolute atomic E-state index is 0.133. The smallest absolute Gasteiger partial charge is 0.251 e. The number of halogens is 3. The second-order valence-electron chi connectivity index (χ2n) is 5.06. The molecule has 0 unspecified atom stereocenters. The number of anilines is 2. The van der Waals surface area contributed by atoms with E-state index in [0.29, 0.717) is 11.4 Å². The lowest BCUT2D eigenvalue weighted by Gasteiger charge is -2.19. The molecule has 0 fully saturated rings. The highest BCUT2D eigenvalue weighted by molar-refractivity contribution is 6.29. The Bertz CT molecular complexity index is 510. The van der Waals surface area contributed by atoms with E-state index in [1.165, 1.54) is 6.92 Å². The molecule has 7 heteroatoms. The SMILES string of the molecule is CCC(F)(F)CCOc1ccc(N(C)C)cc1NC(=O)CCl. The van der Waals surface area contributed by atoms with Crippen molar-refractivity contribution in [2.75, 3.05) is 36.8 Å². The highest BCUT2D eigenvalue weighted by atomic mass is 35.5. The predicted octanol–water partition coefficient (Wildman–Crippen LogP) is 3.74. The molecule has 0 atom stereocenters. The van der Waals surface area contributed by atoms with Crippen LogP contribution in [0, 0.1) is 0 Å². The Balaban J connectivity index is 2.85. The van der Waals surface area contributed by atoms with Crippen LogP contribution >= 0.6 is 11.6 Å². The first-order chi connectivity index (χ1) is 10.3. The van der Waals surface area contributed by atoms with Crippen LogP contribution in [0.25, 0.3) is 0 Å². The lowest BCUT2D eigenvalue weighted by molar-refractivity contribution is -0.113. The van der Waals surface area contributed by atoms with Crippen molar-refractivity contribution < 1.29 is 18.3 Å². The van der Waals surface area contributed by atoms with Crippen LogP contribution in [0.5, 0.6) is 5.75 Å². The van der Waals surface area contributed by atoms with Gasteiger partial charge in [-0.05, 0) is 18.2 Å². The molecular formula is C15H21ClF2N2O2. The molecule has 0 spiro atoms. The van der Waals surface area contributed by atoms with Crippen LogP contribution in [0.3, 0.4) is 0 Å². The number of carbonyl (C=O) groups is 1. The third kappa shape index (κ3) is 5.67. The van der Waals surface area contributed by atoms with Gasteiger partial charge in [0.1, 0.15) is 11.6 Å². The first-order valence-corrected chi connectivity index (χ1v) is 7.50. The van der Waals surface area contributed by atoms with E-state index in [2.05, 4.69) is 5.32 Å². The van der Waals surface area contributed by atoms with Crippen molar-refractivity contribution in [2.45, 2.75) is 25.7 Å². The van der Waals surface area contributed by atoms with Gasteiger partial charge in [-0.25, -0.2) is 8.78 Å². The molecule has 0 radical (unpaired) electrons. The Labute approximate surface area is 134 Å². The number of nitrogens with one attached hydrogen (secondary N) is 1. The van der Waals surface area contributed by atoms with Gasteiger partial charge in [0.15, 0.2) is 0 Å².